The van der Waals surface area contributed by atoms with Gasteiger partial charge in [-0.3, -0.25) is 19.9 Å². The van der Waals surface area contributed by atoms with Crippen molar-refractivity contribution < 1.29 is 14.7 Å². The number of hydrogen-bond donors (Lipinski definition) is 3. The highest BCUT2D eigenvalue weighted by Gasteiger charge is 2.12. The van der Waals surface area contributed by atoms with E-state index in [1.165, 1.54) is 14.1 Å². The van der Waals surface area contributed by atoms with Crippen molar-refractivity contribution in [1.82, 2.24) is 10.2 Å². The summed E-state index contributed by atoms with van der Waals surface area (Å²) in [5.41, 5.74) is 0. The van der Waals surface area contributed by atoms with Crippen LogP contribution in [0, 0.1) is 5.41 Å². The van der Waals surface area contributed by atoms with Crippen LogP contribution in [0.25, 0.3) is 0 Å². The van der Waals surface area contributed by atoms with Gasteiger partial charge in [0, 0.05) is 14.1 Å². The summed E-state index contributed by atoms with van der Waals surface area (Å²) in [6.07, 6.45) is 1.48. The quantitative estimate of drug-likeness (QED) is 0.233. The van der Waals surface area contributed by atoms with Gasteiger partial charge in [0.1, 0.15) is 0 Å². The smallest absolute Gasteiger partial charge is 0.293 e. The molecule has 6 nitrogen and oxygen atoms in total. The number of likely N-dealkylation sites (N-methyl/N-ethyl adjacent to an activating group) is 2. The minimum absolute atomic E-state index is 0.579. The Morgan fingerprint density at radius 1 is 1.54 bits per heavy atom. The van der Waals surface area contributed by atoms with Gasteiger partial charge in [0.15, 0.2) is 5.76 Å². The van der Waals surface area contributed by atoms with Crippen molar-refractivity contribution in [2.75, 3.05) is 14.1 Å². The molecule has 6 heteroatoms. The molecule has 0 fully saturated rings. The third-order valence-electron chi connectivity index (χ3n) is 1.25. The number of nitrogens with one attached hydrogen (secondary N) is 2. The van der Waals surface area contributed by atoms with E-state index in [1.807, 2.05) is 0 Å². The molecule has 0 saturated carbocycles. The summed E-state index contributed by atoms with van der Waals surface area (Å²) in [6.45, 7) is 0. The van der Waals surface area contributed by atoms with Crippen molar-refractivity contribution in [1.29, 1.82) is 5.41 Å². The highest BCUT2D eigenvalue weighted by Crippen LogP contribution is 1.93. The standard InChI is InChI=1S/C7H11N3O3/c1-9-6(12)3-5(11)7(13)10(2)4-8/h3-4,8,11H,1-2H3,(H,9,12)/b5-3-,8-4?. The summed E-state index contributed by atoms with van der Waals surface area (Å²) in [4.78, 5) is 22.5. The number of rotatable bonds is 3. The van der Waals surface area contributed by atoms with E-state index in [0.717, 1.165) is 17.3 Å². The lowest BCUT2D eigenvalue weighted by Gasteiger charge is -2.08. The molecule has 0 rings (SSSR count). The van der Waals surface area contributed by atoms with Gasteiger partial charge in [-0.15, -0.1) is 0 Å². The molecule has 0 radical (unpaired) electrons. The molecule has 0 aliphatic carbocycles. The Hall–Kier alpha value is -1.85. The van der Waals surface area contributed by atoms with Gasteiger partial charge in [0.25, 0.3) is 5.91 Å². The highest BCUT2D eigenvalue weighted by molar-refractivity contribution is 6.02. The highest BCUT2D eigenvalue weighted by atomic mass is 16.3. The Morgan fingerprint density at radius 2 is 2.08 bits per heavy atom. The number of nitrogens with zero attached hydrogens (tertiary/aromatic N) is 1. The molecule has 0 atom stereocenters. The van der Waals surface area contributed by atoms with E-state index in [2.05, 4.69) is 5.32 Å². The van der Waals surface area contributed by atoms with E-state index in [4.69, 9.17) is 10.5 Å². The van der Waals surface area contributed by atoms with Crippen molar-refractivity contribution >= 4 is 18.2 Å². The summed E-state index contributed by atoms with van der Waals surface area (Å²) in [6, 6.07) is 0. The maximum absolute atomic E-state index is 11.0. The zero-order valence-electron chi connectivity index (χ0n) is 7.37. The predicted octanol–water partition coefficient (Wildman–Crippen LogP) is -0.760. The normalized spacial score (nSPS) is 10.5. The number of amides is 2. The van der Waals surface area contributed by atoms with E-state index in [0.29, 0.717) is 0 Å². The van der Waals surface area contributed by atoms with Gasteiger partial charge >= 0.3 is 0 Å². The Bertz CT molecular complexity index is 260. The van der Waals surface area contributed by atoms with Crippen molar-refractivity contribution in [2.45, 2.75) is 0 Å². The molecule has 0 aromatic carbocycles. The van der Waals surface area contributed by atoms with Gasteiger partial charge in [0.05, 0.1) is 12.4 Å². The second kappa shape index (κ2) is 4.91. The summed E-state index contributed by atoms with van der Waals surface area (Å²) in [5, 5.41) is 17.9. The zero-order valence-corrected chi connectivity index (χ0v) is 7.37. The van der Waals surface area contributed by atoms with Crippen LogP contribution in [0.5, 0.6) is 0 Å². The van der Waals surface area contributed by atoms with E-state index < -0.39 is 17.6 Å². The molecule has 0 aromatic heterocycles. The van der Waals surface area contributed by atoms with Gasteiger partial charge < -0.3 is 10.4 Å². The van der Waals surface area contributed by atoms with Crippen LogP contribution in [0.2, 0.25) is 0 Å². The van der Waals surface area contributed by atoms with Gasteiger partial charge in [-0.1, -0.05) is 0 Å². The fourth-order valence-corrected chi connectivity index (χ4v) is 0.497. The van der Waals surface area contributed by atoms with Crippen LogP contribution in [0.4, 0.5) is 0 Å². The van der Waals surface area contributed by atoms with Crippen LogP contribution < -0.4 is 5.32 Å². The van der Waals surface area contributed by atoms with Crippen molar-refractivity contribution in [3.8, 4) is 0 Å². The summed E-state index contributed by atoms with van der Waals surface area (Å²) < 4.78 is 0. The molecule has 0 aliphatic heterocycles. The Morgan fingerprint density at radius 3 is 2.46 bits per heavy atom. The molecular formula is C7H11N3O3. The molecule has 3 N–H and O–H groups in total. The third kappa shape index (κ3) is 3.37. The summed E-state index contributed by atoms with van der Waals surface area (Å²) in [5.74, 6) is -2.09. The Kier molecular flexibility index (Phi) is 4.21. The lowest BCUT2D eigenvalue weighted by molar-refractivity contribution is -0.125. The number of aliphatic hydroxyl groups excluding tert-OH is 1. The fraction of sp³-hybridized carbons (Fsp3) is 0.286. The summed E-state index contributed by atoms with van der Waals surface area (Å²) in [7, 11) is 2.67. The Balaban J connectivity index is 4.50. The first-order valence-corrected chi connectivity index (χ1v) is 3.43. The topological polar surface area (TPSA) is 93.5 Å². The first-order chi connectivity index (χ1) is 6.02. The van der Waals surface area contributed by atoms with Crippen LogP contribution >= 0.6 is 0 Å². The van der Waals surface area contributed by atoms with Gasteiger partial charge in [0.2, 0.25) is 5.91 Å². The van der Waals surface area contributed by atoms with E-state index in [1.54, 1.807) is 0 Å². The lowest BCUT2D eigenvalue weighted by Crippen LogP contribution is -2.27. The molecule has 72 valence electrons. The average molecular weight is 185 g/mol. The third-order valence-corrected chi connectivity index (χ3v) is 1.25. The molecule has 0 heterocycles. The first kappa shape index (κ1) is 11.2. The zero-order chi connectivity index (χ0) is 10.4. The predicted molar refractivity (Wildman–Crippen MR) is 46.3 cm³/mol. The van der Waals surface area contributed by atoms with Crippen LogP contribution in [0.15, 0.2) is 11.8 Å². The fourth-order valence-electron chi connectivity index (χ4n) is 0.497. The first-order valence-electron chi connectivity index (χ1n) is 3.43. The van der Waals surface area contributed by atoms with Crippen LogP contribution in [0.1, 0.15) is 0 Å². The van der Waals surface area contributed by atoms with Crippen LogP contribution in [-0.4, -0.2) is 42.3 Å². The lowest BCUT2D eigenvalue weighted by atomic mass is 10.4. The Labute approximate surface area is 75.4 Å². The molecule has 0 bridgehead atoms. The van der Waals surface area contributed by atoms with Gasteiger partial charge in [-0.05, 0) is 0 Å². The largest absolute Gasteiger partial charge is 0.503 e. The van der Waals surface area contributed by atoms with E-state index in [-0.39, 0.29) is 0 Å². The average Bonchev–Trinajstić information content (AvgIpc) is 2.14. The molecule has 0 aliphatic rings. The molecule has 0 aromatic rings. The van der Waals surface area contributed by atoms with Crippen molar-refractivity contribution in [3.63, 3.8) is 0 Å². The number of hydrogen-bond acceptors (Lipinski definition) is 4. The molecular weight excluding hydrogens is 174 g/mol. The summed E-state index contributed by atoms with van der Waals surface area (Å²) >= 11 is 0. The van der Waals surface area contributed by atoms with Crippen molar-refractivity contribution in [2.24, 2.45) is 0 Å². The van der Waals surface area contributed by atoms with E-state index in [9.17, 15) is 9.59 Å². The van der Waals surface area contributed by atoms with Crippen molar-refractivity contribution in [3.05, 3.63) is 11.8 Å². The molecule has 0 saturated heterocycles. The van der Waals surface area contributed by atoms with Crippen LogP contribution in [0.3, 0.4) is 0 Å². The molecule has 13 heavy (non-hydrogen) atoms. The minimum Gasteiger partial charge on any atom is -0.503 e. The number of aliphatic hydroxyl groups is 1. The second-order valence-electron chi connectivity index (χ2n) is 2.19. The number of carbonyl (C=O) groups is 2. The molecule has 2 amide bonds. The monoisotopic (exact) mass is 185 g/mol. The SMILES string of the molecule is CNC(=O)/C=C(\O)C(=O)N(C)C=N. The van der Waals surface area contributed by atoms with E-state index >= 15 is 0 Å². The maximum atomic E-state index is 11.0. The minimum atomic E-state index is -0.807. The van der Waals surface area contributed by atoms with Gasteiger partial charge in [-0.25, -0.2) is 0 Å². The van der Waals surface area contributed by atoms with Gasteiger partial charge in [-0.2, -0.15) is 0 Å². The maximum Gasteiger partial charge on any atom is 0.293 e. The van der Waals surface area contributed by atoms with Crippen LogP contribution in [-0.2, 0) is 9.59 Å². The number of carbonyl (C=O) groups excluding carboxylic acids is 2. The molecule has 0 spiro atoms. The second-order valence-corrected chi connectivity index (χ2v) is 2.19. The molecule has 0 unspecified atom stereocenters.